The first kappa shape index (κ1) is 17.9. The summed E-state index contributed by atoms with van der Waals surface area (Å²) in [5, 5.41) is 0. The maximum absolute atomic E-state index is 13.1. The standard InChI is InChI=1S/C20H22FN3O2/c1-14(18-6-3-11-22-18)23-19(26-2)16-5-4-12-24(13-16)20(25)15-7-9-17(21)10-8-15/h3,6-11,16,22H,1,4-5,12-13H2,2H3/b23-19-/t16-/m0/s1. The van der Waals surface area contributed by atoms with Crippen molar-refractivity contribution in [3.8, 4) is 0 Å². The molecule has 0 radical (unpaired) electrons. The Balaban J connectivity index is 1.73. The molecule has 136 valence electrons. The van der Waals surface area contributed by atoms with E-state index in [4.69, 9.17) is 4.74 Å². The number of nitrogens with one attached hydrogen (secondary N) is 1. The molecule has 0 aliphatic carbocycles. The van der Waals surface area contributed by atoms with E-state index < -0.39 is 0 Å². The predicted molar refractivity (Wildman–Crippen MR) is 99.3 cm³/mol. The van der Waals surface area contributed by atoms with Gasteiger partial charge >= 0.3 is 0 Å². The van der Waals surface area contributed by atoms with Crippen LogP contribution in [-0.2, 0) is 4.74 Å². The summed E-state index contributed by atoms with van der Waals surface area (Å²) in [6, 6.07) is 9.41. The Hall–Kier alpha value is -2.89. The smallest absolute Gasteiger partial charge is 0.253 e. The fourth-order valence-corrected chi connectivity index (χ4v) is 3.14. The van der Waals surface area contributed by atoms with Gasteiger partial charge < -0.3 is 14.6 Å². The van der Waals surface area contributed by atoms with E-state index in [-0.39, 0.29) is 17.6 Å². The molecule has 26 heavy (non-hydrogen) atoms. The molecule has 1 atom stereocenters. The molecule has 1 saturated heterocycles. The maximum Gasteiger partial charge on any atom is 0.253 e. The summed E-state index contributed by atoms with van der Waals surface area (Å²) in [7, 11) is 1.58. The van der Waals surface area contributed by atoms with Crippen molar-refractivity contribution < 1.29 is 13.9 Å². The Labute approximate surface area is 152 Å². The topological polar surface area (TPSA) is 57.7 Å². The number of carbonyl (C=O) groups excluding carboxylic acids is 1. The number of amides is 1. The number of H-pyrrole nitrogens is 1. The minimum atomic E-state index is -0.352. The van der Waals surface area contributed by atoms with Crippen molar-refractivity contribution in [3.05, 3.63) is 66.2 Å². The van der Waals surface area contributed by atoms with Crippen LogP contribution < -0.4 is 0 Å². The number of carbonyl (C=O) groups is 1. The van der Waals surface area contributed by atoms with Gasteiger partial charge in [-0.2, -0.15) is 0 Å². The lowest BCUT2D eigenvalue weighted by Crippen LogP contribution is -2.42. The van der Waals surface area contributed by atoms with Crippen LogP contribution in [0.5, 0.6) is 0 Å². The second-order valence-corrected chi connectivity index (χ2v) is 6.28. The Bertz CT molecular complexity index is 797. The van der Waals surface area contributed by atoms with Crippen LogP contribution in [0.25, 0.3) is 5.70 Å². The lowest BCUT2D eigenvalue weighted by molar-refractivity contribution is 0.0695. The summed E-state index contributed by atoms with van der Waals surface area (Å²) >= 11 is 0. The Kier molecular flexibility index (Phi) is 5.51. The van der Waals surface area contributed by atoms with Crippen molar-refractivity contribution in [1.82, 2.24) is 9.88 Å². The van der Waals surface area contributed by atoms with Crippen LogP contribution >= 0.6 is 0 Å². The van der Waals surface area contributed by atoms with E-state index in [0.717, 1.165) is 18.5 Å². The molecule has 0 spiro atoms. The normalized spacial score (nSPS) is 17.8. The summed E-state index contributed by atoms with van der Waals surface area (Å²) in [6.07, 6.45) is 3.55. The lowest BCUT2D eigenvalue weighted by Gasteiger charge is -2.32. The molecule has 1 aliphatic heterocycles. The highest BCUT2D eigenvalue weighted by molar-refractivity contribution is 5.95. The first-order valence-corrected chi connectivity index (χ1v) is 8.58. The van der Waals surface area contributed by atoms with Crippen LogP contribution in [0.15, 0.2) is 54.2 Å². The van der Waals surface area contributed by atoms with Crippen molar-refractivity contribution in [1.29, 1.82) is 0 Å². The minimum absolute atomic E-state index is 0.00450. The van der Waals surface area contributed by atoms with Gasteiger partial charge in [0.1, 0.15) is 5.82 Å². The summed E-state index contributed by atoms with van der Waals surface area (Å²) < 4.78 is 18.6. The van der Waals surface area contributed by atoms with E-state index >= 15 is 0 Å². The van der Waals surface area contributed by atoms with Crippen molar-refractivity contribution in [2.75, 3.05) is 20.2 Å². The third kappa shape index (κ3) is 4.02. The molecule has 3 rings (SSSR count). The zero-order valence-corrected chi connectivity index (χ0v) is 14.7. The van der Waals surface area contributed by atoms with Crippen molar-refractivity contribution in [3.63, 3.8) is 0 Å². The molecule has 0 saturated carbocycles. The molecule has 2 heterocycles. The number of halogens is 1. The molecular formula is C20H22FN3O2. The summed E-state index contributed by atoms with van der Waals surface area (Å²) in [5.74, 6) is 0.120. The van der Waals surface area contributed by atoms with Crippen molar-refractivity contribution in [2.45, 2.75) is 12.8 Å². The van der Waals surface area contributed by atoms with E-state index in [9.17, 15) is 9.18 Å². The molecule has 0 bridgehead atoms. The Morgan fingerprint density at radius 1 is 1.35 bits per heavy atom. The summed E-state index contributed by atoms with van der Waals surface area (Å²) in [4.78, 5) is 22.0. The average Bonchev–Trinajstić information content (AvgIpc) is 3.21. The third-order valence-corrected chi connectivity index (χ3v) is 4.51. The predicted octanol–water partition coefficient (Wildman–Crippen LogP) is 3.72. The number of ether oxygens (including phenoxy) is 1. The van der Waals surface area contributed by atoms with E-state index in [2.05, 4.69) is 16.6 Å². The average molecular weight is 355 g/mol. The highest BCUT2D eigenvalue weighted by Gasteiger charge is 2.28. The van der Waals surface area contributed by atoms with Gasteiger partial charge in [0, 0.05) is 24.8 Å². The molecular weight excluding hydrogens is 333 g/mol. The van der Waals surface area contributed by atoms with Crippen LogP contribution in [0.3, 0.4) is 0 Å². The van der Waals surface area contributed by atoms with Gasteiger partial charge in [-0.05, 0) is 49.2 Å². The maximum atomic E-state index is 13.1. The van der Waals surface area contributed by atoms with Gasteiger partial charge in [0.05, 0.1) is 24.4 Å². The van der Waals surface area contributed by atoms with E-state index in [1.54, 1.807) is 12.0 Å². The van der Waals surface area contributed by atoms with Gasteiger partial charge in [0.15, 0.2) is 5.90 Å². The van der Waals surface area contributed by atoms with Gasteiger partial charge in [-0.15, -0.1) is 0 Å². The number of aliphatic imine (C=N–C) groups is 1. The summed E-state index contributed by atoms with van der Waals surface area (Å²) in [5.41, 5.74) is 1.90. The highest BCUT2D eigenvalue weighted by Crippen LogP contribution is 2.22. The number of likely N-dealkylation sites (tertiary alicyclic amines) is 1. The molecule has 5 nitrogen and oxygen atoms in total. The van der Waals surface area contributed by atoms with E-state index in [1.165, 1.54) is 24.3 Å². The first-order valence-electron chi connectivity index (χ1n) is 8.58. The van der Waals surface area contributed by atoms with Crippen LogP contribution in [-0.4, -0.2) is 41.9 Å². The van der Waals surface area contributed by atoms with Crippen molar-refractivity contribution >= 4 is 17.5 Å². The second-order valence-electron chi connectivity index (χ2n) is 6.28. The number of nitrogens with zero attached hydrogens (tertiary/aromatic N) is 2. The molecule has 6 heteroatoms. The summed E-state index contributed by atoms with van der Waals surface area (Å²) in [6.45, 7) is 5.16. The molecule has 1 aromatic heterocycles. The Morgan fingerprint density at radius 2 is 2.12 bits per heavy atom. The molecule has 0 unspecified atom stereocenters. The number of aromatic amines is 1. The first-order chi connectivity index (χ1) is 12.6. The van der Waals surface area contributed by atoms with Gasteiger partial charge in [0.2, 0.25) is 0 Å². The van der Waals surface area contributed by atoms with Gasteiger partial charge in [-0.1, -0.05) is 6.58 Å². The number of benzene rings is 1. The van der Waals surface area contributed by atoms with Gasteiger partial charge in [-0.3, -0.25) is 4.79 Å². The van der Waals surface area contributed by atoms with E-state index in [1.807, 2.05) is 18.3 Å². The zero-order chi connectivity index (χ0) is 18.5. The number of hydrogen-bond acceptors (Lipinski definition) is 3. The number of aromatic nitrogens is 1. The van der Waals surface area contributed by atoms with Crippen LogP contribution in [0.4, 0.5) is 4.39 Å². The molecule has 1 N–H and O–H groups in total. The lowest BCUT2D eigenvalue weighted by atomic mass is 9.97. The second kappa shape index (κ2) is 7.99. The number of hydrogen-bond donors (Lipinski definition) is 1. The molecule has 1 aliphatic rings. The number of piperidine rings is 1. The van der Waals surface area contributed by atoms with Crippen LogP contribution in [0.1, 0.15) is 28.9 Å². The number of methoxy groups -OCH3 is 1. The third-order valence-electron chi connectivity index (χ3n) is 4.51. The largest absolute Gasteiger partial charge is 0.484 e. The Morgan fingerprint density at radius 3 is 2.77 bits per heavy atom. The number of rotatable bonds is 4. The van der Waals surface area contributed by atoms with Gasteiger partial charge in [0.25, 0.3) is 5.91 Å². The minimum Gasteiger partial charge on any atom is -0.484 e. The monoisotopic (exact) mass is 355 g/mol. The fourth-order valence-electron chi connectivity index (χ4n) is 3.14. The highest BCUT2D eigenvalue weighted by atomic mass is 19.1. The molecule has 1 aromatic carbocycles. The quantitative estimate of drug-likeness (QED) is 0.671. The molecule has 2 aromatic rings. The van der Waals surface area contributed by atoms with Gasteiger partial charge in [-0.25, -0.2) is 9.38 Å². The zero-order valence-electron chi connectivity index (χ0n) is 14.7. The molecule has 1 fully saturated rings. The SMILES string of the molecule is C=C(/N=C(\OC)[C@H]1CCCN(C(=O)c2ccc(F)cc2)C1)c1ccc[nH]1. The molecule has 1 amide bonds. The van der Waals surface area contributed by atoms with Crippen LogP contribution in [0.2, 0.25) is 0 Å². The van der Waals surface area contributed by atoms with E-state index in [0.29, 0.717) is 30.2 Å². The van der Waals surface area contributed by atoms with Crippen molar-refractivity contribution in [2.24, 2.45) is 10.9 Å². The van der Waals surface area contributed by atoms with Crippen LogP contribution in [0, 0.1) is 11.7 Å². The fraction of sp³-hybridized carbons (Fsp3) is 0.300.